The van der Waals surface area contributed by atoms with Crippen molar-refractivity contribution in [1.82, 2.24) is 15.0 Å². The van der Waals surface area contributed by atoms with E-state index in [1.54, 1.807) is 18.3 Å². The molecule has 0 bridgehead atoms. The monoisotopic (exact) mass is 495 g/mol. The van der Waals surface area contributed by atoms with E-state index in [1.807, 2.05) is 24.8 Å². The molecular weight excluding hydrogens is 468 g/mol. The topological polar surface area (TPSA) is 80.7 Å². The first-order valence-electron chi connectivity index (χ1n) is 12.0. The fourth-order valence-electron chi connectivity index (χ4n) is 4.46. The number of ketones is 1. The molecule has 2 aliphatic rings. The van der Waals surface area contributed by atoms with Gasteiger partial charge in [-0.2, -0.15) is 0 Å². The lowest BCUT2D eigenvalue weighted by molar-refractivity contribution is 0.0986. The number of fused-ring (bicyclic) bond motifs is 1. The van der Waals surface area contributed by atoms with E-state index in [-0.39, 0.29) is 46.8 Å². The molecule has 0 amide bonds. The summed E-state index contributed by atoms with van der Waals surface area (Å²) in [5.41, 5.74) is 1.92. The minimum atomic E-state index is -0.702. The highest BCUT2D eigenvalue weighted by atomic mass is 19.1. The normalized spacial score (nSPS) is 15.6. The number of pyridine rings is 1. The average molecular weight is 496 g/mol. The molecule has 8 nitrogen and oxygen atoms in total. The molecule has 3 aromatic rings. The third kappa shape index (κ3) is 4.86. The van der Waals surface area contributed by atoms with Gasteiger partial charge >= 0.3 is 0 Å². The molecule has 4 heterocycles. The Morgan fingerprint density at radius 3 is 2.56 bits per heavy atom. The molecule has 36 heavy (non-hydrogen) atoms. The van der Waals surface area contributed by atoms with Gasteiger partial charge < -0.3 is 19.3 Å². The van der Waals surface area contributed by atoms with Crippen LogP contribution in [0.4, 0.5) is 20.2 Å². The number of anilines is 2. The second kappa shape index (κ2) is 10.1. The van der Waals surface area contributed by atoms with Gasteiger partial charge in [-0.1, -0.05) is 0 Å². The number of hydrogen-bond donors (Lipinski definition) is 0. The number of morpholine rings is 1. The Morgan fingerprint density at radius 1 is 1.03 bits per heavy atom. The summed E-state index contributed by atoms with van der Waals surface area (Å²) in [5, 5.41) is 0. The fourth-order valence-corrected chi connectivity index (χ4v) is 4.46. The van der Waals surface area contributed by atoms with Gasteiger partial charge in [-0.15, -0.1) is 0 Å². The number of ether oxygens (including phenoxy) is 2. The molecule has 1 fully saturated rings. The number of halogens is 2. The van der Waals surface area contributed by atoms with Gasteiger partial charge in [0, 0.05) is 24.7 Å². The van der Waals surface area contributed by atoms with E-state index in [4.69, 9.17) is 9.47 Å². The van der Waals surface area contributed by atoms with Gasteiger partial charge in [-0.25, -0.2) is 18.7 Å². The van der Waals surface area contributed by atoms with Gasteiger partial charge in [0.2, 0.25) is 0 Å². The van der Waals surface area contributed by atoms with Crippen LogP contribution in [0.5, 0.6) is 5.75 Å². The van der Waals surface area contributed by atoms with E-state index in [1.165, 1.54) is 6.07 Å². The number of nitrogens with zero attached hydrogens (tertiary/aromatic N) is 5. The second-order valence-electron chi connectivity index (χ2n) is 9.03. The zero-order chi connectivity index (χ0) is 25.2. The molecule has 0 saturated carbocycles. The molecule has 0 atom stereocenters. The summed E-state index contributed by atoms with van der Waals surface area (Å²) in [6.07, 6.45) is 2.51. The van der Waals surface area contributed by atoms with E-state index < -0.39 is 11.6 Å². The van der Waals surface area contributed by atoms with E-state index in [0.29, 0.717) is 32.1 Å². The van der Waals surface area contributed by atoms with Crippen molar-refractivity contribution in [2.75, 3.05) is 49.3 Å². The van der Waals surface area contributed by atoms with E-state index in [2.05, 4.69) is 19.9 Å². The summed E-state index contributed by atoms with van der Waals surface area (Å²) in [6, 6.07) is 6.48. The van der Waals surface area contributed by atoms with E-state index in [0.717, 1.165) is 25.0 Å². The molecule has 0 radical (unpaired) electrons. The average Bonchev–Trinajstić information content (AvgIpc) is 2.90. The van der Waals surface area contributed by atoms with Gasteiger partial charge in [-0.05, 0) is 38.1 Å². The van der Waals surface area contributed by atoms with Crippen molar-refractivity contribution in [2.45, 2.75) is 26.3 Å². The maximum absolute atomic E-state index is 14.9. The number of hydrogen-bond acceptors (Lipinski definition) is 8. The number of aromatic nitrogens is 3. The van der Waals surface area contributed by atoms with Crippen LogP contribution in [0.15, 0.2) is 36.7 Å². The first-order valence-corrected chi connectivity index (χ1v) is 12.0. The Balaban J connectivity index is 1.38. The molecule has 1 aromatic carbocycles. The molecule has 1 saturated heterocycles. The lowest BCUT2D eigenvalue weighted by Gasteiger charge is -2.34. The predicted molar refractivity (Wildman–Crippen MR) is 131 cm³/mol. The Kier molecular flexibility index (Phi) is 6.77. The SMILES string of the molecule is CC(C)N1CCOc2c(F)cc(-c3nc(CC(=O)c4ccc(N5CCOCC5)cn4)ncc3F)cc21. The molecule has 2 aromatic heterocycles. The first-order chi connectivity index (χ1) is 17.4. The molecule has 2 aliphatic heterocycles. The Hall–Kier alpha value is -3.66. The quantitative estimate of drug-likeness (QED) is 0.479. The summed E-state index contributed by atoms with van der Waals surface area (Å²) in [4.78, 5) is 29.6. The maximum atomic E-state index is 14.9. The van der Waals surface area contributed by atoms with Crippen LogP contribution in [0.25, 0.3) is 11.3 Å². The van der Waals surface area contributed by atoms with Crippen molar-refractivity contribution >= 4 is 17.2 Å². The largest absolute Gasteiger partial charge is 0.486 e. The smallest absolute Gasteiger partial charge is 0.188 e. The van der Waals surface area contributed by atoms with Gasteiger partial charge in [-0.3, -0.25) is 9.78 Å². The highest BCUT2D eigenvalue weighted by Crippen LogP contribution is 2.39. The van der Waals surface area contributed by atoms with E-state index >= 15 is 0 Å². The maximum Gasteiger partial charge on any atom is 0.188 e. The Morgan fingerprint density at radius 2 is 1.83 bits per heavy atom. The van der Waals surface area contributed by atoms with Crippen LogP contribution in [0.3, 0.4) is 0 Å². The second-order valence-corrected chi connectivity index (χ2v) is 9.03. The van der Waals surface area contributed by atoms with Crippen LogP contribution in [0, 0.1) is 11.6 Å². The number of benzene rings is 1. The van der Waals surface area contributed by atoms with Crippen LogP contribution < -0.4 is 14.5 Å². The fraction of sp³-hybridized carbons (Fsp3) is 0.385. The molecule has 0 N–H and O–H groups in total. The van der Waals surface area contributed by atoms with Crippen LogP contribution in [-0.2, 0) is 11.2 Å². The number of carbonyl (C=O) groups excluding carboxylic acids is 1. The summed E-state index contributed by atoms with van der Waals surface area (Å²) in [5.74, 6) is -1.31. The highest BCUT2D eigenvalue weighted by Gasteiger charge is 2.26. The summed E-state index contributed by atoms with van der Waals surface area (Å²) >= 11 is 0. The first kappa shape index (κ1) is 24.1. The predicted octanol–water partition coefficient (Wildman–Crippen LogP) is 3.69. The van der Waals surface area contributed by atoms with Gasteiger partial charge in [0.15, 0.2) is 23.2 Å². The molecule has 0 unspecified atom stereocenters. The third-order valence-electron chi connectivity index (χ3n) is 6.33. The van der Waals surface area contributed by atoms with Gasteiger partial charge in [0.05, 0.1) is 49.9 Å². The lowest BCUT2D eigenvalue weighted by atomic mass is 10.1. The lowest BCUT2D eigenvalue weighted by Crippen LogP contribution is -2.38. The molecule has 5 rings (SSSR count). The van der Waals surface area contributed by atoms with Crippen molar-refractivity contribution in [3.05, 3.63) is 59.8 Å². The van der Waals surface area contributed by atoms with Gasteiger partial charge in [0.25, 0.3) is 0 Å². The van der Waals surface area contributed by atoms with Crippen molar-refractivity contribution in [1.29, 1.82) is 0 Å². The van der Waals surface area contributed by atoms with Crippen LogP contribution in [0.2, 0.25) is 0 Å². The van der Waals surface area contributed by atoms with Crippen molar-refractivity contribution in [2.24, 2.45) is 0 Å². The van der Waals surface area contributed by atoms with E-state index in [9.17, 15) is 13.6 Å². The van der Waals surface area contributed by atoms with Crippen LogP contribution in [0.1, 0.15) is 30.2 Å². The summed E-state index contributed by atoms with van der Waals surface area (Å²) < 4.78 is 40.5. The minimum absolute atomic E-state index is 0.0700. The number of carbonyl (C=O) groups is 1. The molecule has 10 heteroatoms. The number of Topliss-reactive ketones (excluding diaryl/α,β-unsaturated/α-hetero) is 1. The van der Waals surface area contributed by atoms with Crippen molar-refractivity contribution < 1.29 is 23.0 Å². The molecule has 0 spiro atoms. The highest BCUT2D eigenvalue weighted by molar-refractivity contribution is 5.95. The Bertz CT molecular complexity index is 1260. The van der Waals surface area contributed by atoms with Crippen LogP contribution in [-0.4, -0.2) is 66.2 Å². The Labute approximate surface area is 207 Å². The number of rotatable bonds is 6. The minimum Gasteiger partial charge on any atom is -0.486 e. The summed E-state index contributed by atoms with van der Waals surface area (Å²) in [7, 11) is 0. The van der Waals surface area contributed by atoms with Crippen LogP contribution >= 0.6 is 0 Å². The molecule has 188 valence electrons. The van der Waals surface area contributed by atoms with Crippen molar-refractivity contribution in [3.63, 3.8) is 0 Å². The molecule has 0 aliphatic carbocycles. The standard InChI is InChI=1S/C26H27F2N5O3/c1-16(2)33-7-10-36-26-19(27)11-17(12-22(26)33)25-20(28)15-30-24(31-25)13-23(34)21-4-3-18(14-29-21)32-5-8-35-9-6-32/h3-4,11-12,14-16H,5-10,13H2,1-2H3. The summed E-state index contributed by atoms with van der Waals surface area (Å²) in [6.45, 7) is 7.81. The zero-order valence-corrected chi connectivity index (χ0v) is 20.2. The molecular formula is C26H27F2N5O3. The zero-order valence-electron chi connectivity index (χ0n) is 20.2. The third-order valence-corrected chi connectivity index (χ3v) is 6.33. The van der Waals surface area contributed by atoms with Gasteiger partial charge in [0.1, 0.15) is 23.8 Å². The van der Waals surface area contributed by atoms with Crippen molar-refractivity contribution in [3.8, 4) is 17.0 Å².